The van der Waals surface area contributed by atoms with Gasteiger partial charge in [-0.25, -0.2) is 0 Å². The van der Waals surface area contributed by atoms with Gasteiger partial charge in [-0.15, -0.1) is 0 Å². The molecule has 0 fully saturated rings. The fourth-order valence-corrected chi connectivity index (χ4v) is 25.0. The summed E-state index contributed by atoms with van der Waals surface area (Å²) in [5, 5.41) is 0. The van der Waals surface area contributed by atoms with Gasteiger partial charge in [0.25, 0.3) is 0 Å². The quantitative estimate of drug-likeness (QED) is 0.141. The van der Waals surface area contributed by atoms with Crippen molar-refractivity contribution in [3.8, 4) is 0 Å². The van der Waals surface area contributed by atoms with Crippen LogP contribution in [0.5, 0.6) is 0 Å². The summed E-state index contributed by atoms with van der Waals surface area (Å²) in [7, 11) is 0. The summed E-state index contributed by atoms with van der Waals surface area (Å²) in [4.78, 5) is 9.77. The molecule has 2 atom stereocenters. The molecule has 4 rings (SSSR count). The molecule has 0 saturated carbocycles. The number of nitrogens with zero attached hydrogens (tertiary/aromatic N) is 2. The SMILES string of the molecule is CCC[CH2][Sn]([CH2]CCC)[c]1ccccc1C1=N[C@@H](C(C)C)OC1.CCC[CH2][Sn]([CH2]CCC)[c]1ccccc1C1=N[C@@H](C(C)C)OC1. The zero-order valence-corrected chi connectivity index (χ0v) is 36.2. The van der Waals surface area contributed by atoms with Crippen LogP contribution in [0.3, 0.4) is 0 Å². The van der Waals surface area contributed by atoms with Crippen LogP contribution in [0.15, 0.2) is 58.5 Å². The molecule has 2 aromatic carbocycles. The van der Waals surface area contributed by atoms with E-state index < -0.39 is 39.5 Å². The third-order valence-electron chi connectivity index (χ3n) is 9.05. The van der Waals surface area contributed by atoms with Crippen molar-refractivity contribution in [2.45, 2.75) is 137 Å². The maximum absolute atomic E-state index is 5.90. The van der Waals surface area contributed by atoms with Crippen molar-refractivity contribution >= 4 is 58.1 Å². The average molecular weight is 842 g/mol. The Bertz CT molecular complexity index is 1100. The van der Waals surface area contributed by atoms with E-state index in [0.29, 0.717) is 25.0 Å². The number of ether oxygens (including phenoxy) is 2. The zero-order chi connectivity index (χ0) is 33.3. The third kappa shape index (κ3) is 12.3. The van der Waals surface area contributed by atoms with E-state index in [1.807, 2.05) is 0 Å². The molecule has 6 heteroatoms. The molecule has 0 bridgehead atoms. The van der Waals surface area contributed by atoms with Crippen molar-refractivity contribution in [2.75, 3.05) is 13.2 Å². The minimum atomic E-state index is -1.55. The molecule has 2 heterocycles. The number of rotatable bonds is 18. The molecule has 4 nitrogen and oxygen atoms in total. The predicted molar refractivity (Wildman–Crippen MR) is 205 cm³/mol. The Kier molecular flexibility index (Phi) is 19.1. The number of aliphatic imine (C=N–C) groups is 2. The molecule has 0 N–H and O–H groups in total. The molecule has 2 aliphatic rings. The van der Waals surface area contributed by atoms with Crippen molar-refractivity contribution in [1.82, 2.24) is 0 Å². The molecule has 46 heavy (non-hydrogen) atoms. The summed E-state index contributed by atoms with van der Waals surface area (Å²) in [5.74, 6) is 0.913. The van der Waals surface area contributed by atoms with E-state index in [1.54, 1.807) is 7.16 Å². The fraction of sp³-hybridized carbons (Fsp3) is 0.650. The van der Waals surface area contributed by atoms with Gasteiger partial charge in [-0.05, 0) is 0 Å². The van der Waals surface area contributed by atoms with Gasteiger partial charge >= 0.3 is 299 Å². The molecular formula is C40H64N2O2Sn2. The summed E-state index contributed by atoms with van der Waals surface area (Å²) < 4.78 is 21.1. The third-order valence-corrected chi connectivity index (χ3v) is 26.8. The molecule has 0 saturated heterocycles. The van der Waals surface area contributed by atoms with Crippen LogP contribution < -0.4 is 7.16 Å². The van der Waals surface area contributed by atoms with Gasteiger partial charge in [0.05, 0.1) is 0 Å². The number of unbranched alkanes of at least 4 members (excludes halogenated alkanes) is 4. The topological polar surface area (TPSA) is 43.2 Å². The normalized spacial score (nSPS) is 18.0. The maximum atomic E-state index is 5.90. The van der Waals surface area contributed by atoms with Gasteiger partial charge < -0.3 is 0 Å². The van der Waals surface area contributed by atoms with Crippen molar-refractivity contribution in [1.29, 1.82) is 0 Å². The Morgan fingerprint density at radius 3 is 1.17 bits per heavy atom. The molecule has 0 aliphatic carbocycles. The number of benzene rings is 2. The van der Waals surface area contributed by atoms with Crippen LogP contribution in [0.1, 0.15) is 118 Å². The van der Waals surface area contributed by atoms with Crippen LogP contribution >= 0.6 is 0 Å². The Hall–Kier alpha value is -0.703. The number of hydrogen-bond donors (Lipinski definition) is 0. The Morgan fingerprint density at radius 2 is 0.891 bits per heavy atom. The predicted octanol–water partition coefficient (Wildman–Crippen LogP) is 9.58. The van der Waals surface area contributed by atoms with Gasteiger partial charge in [0.1, 0.15) is 0 Å². The average Bonchev–Trinajstić information content (AvgIpc) is 3.77. The number of hydrogen-bond acceptors (Lipinski definition) is 4. The van der Waals surface area contributed by atoms with Gasteiger partial charge in [0, 0.05) is 0 Å². The van der Waals surface area contributed by atoms with E-state index in [2.05, 4.69) is 104 Å². The van der Waals surface area contributed by atoms with Crippen molar-refractivity contribution in [2.24, 2.45) is 21.8 Å². The zero-order valence-electron chi connectivity index (χ0n) is 30.5. The van der Waals surface area contributed by atoms with E-state index in [-0.39, 0.29) is 12.5 Å². The first kappa shape index (κ1) is 39.7. The summed E-state index contributed by atoms with van der Waals surface area (Å²) in [6.07, 6.45) is 10.9. The van der Waals surface area contributed by atoms with Gasteiger partial charge in [-0.1, -0.05) is 0 Å². The molecule has 0 unspecified atom stereocenters. The van der Waals surface area contributed by atoms with E-state index in [9.17, 15) is 0 Å². The van der Waals surface area contributed by atoms with E-state index in [1.165, 1.54) is 91.7 Å². The van der Waals surface area contributed by atoms with Crippen LogP contribution in [0.25, 0.3) is 0 Å². The summed E-state index contributed by atoms with van der Waals surface area (Å²) in [6.45, 7) is 19.4. The van der Waals surface area contributed by atoms with E-state index in [4.69, 9.17) is 19.5 Å². The minimum absolute atomic E-state index is 0.0522. The molecule has 254 valence electrons. The van der Waals surface area contributed by atoms with Crippen molar-refractivity contribution in [3.63, 3.8) is 0 Å². The first-order chi connectivity index (χ1) is 22.3. The Balaban J connectivity index is 0.000000250. The van der Waals surface area contributed by atoms with Crippen molar-refractivity contribution in [3.05, 3.63) is 59.7 Å². The van der Waals surface area contributed by atoms with Crippen LogP contribution in [0.2, 0.25) is 17.7 Å². The van der Waals surface area contributed by atoms with Gasteiger partial charge in [-0.2, -0.15) is 0 Å². The van der Waals surface area contributed by atoms with Crippen molar-refractivity contribution < 1.29 is 9.47 Å². The van der Waals surface area contributed by atoms with Crippen LogP contribution in [0.4, 0.5) is 0 Å². The van der Waals surface area contributed by atoms with Gasteiger partial charge in [0.2, 0.25) is 0 Å². The monoisotopic (exact) mass is 844 g/mol. The molecule has 2 aromatic rings. The second kappa shape index (κ2) is 22.1. The fourth-order valence-electron chi connectivity index (χ4n) is 6.20. The first-order valence-corrected chi connectivity index (χ1v) is 29.5. The second-order valence-corrected chi connectivity index (χ2v) is 29.4. The van der Waals surface area contributed by atoms with E-state index in [0.717, 1.165) is 0 Å². The molecule has 0 amide bonds. The van der Waals surface area contributed by atoms with Gasteiger partial charge in [-0.3, -0.25) is 0 Å². The van der Waals surface area contributed by atoms with Crippen LogP contribution in [-0.2, 0) is 9.47 Å². The van der Waals surface area contributed by atoms with Gasteiger partial charge in [0.15, 0.2) is 0 Å². The molecular weight excluding hydrogens is 778 g/mol. The molecule has 0 aromatic heterocycles. The Labute approximate surface area is 297 Å². The summed E-state index contributed by atoms with van der Waals surface area (Å²) >= 11 is -3.11. The van der Waals surface area contributed by atoms with Crippen LogP contribution in [-0.4, -0.2) is 76.6 Å². The Morgan fingerprint density at radius 1 is 0.565 bits per heavy atom. The molecule has 2 radical (unpaired) electrons. The second-order valence-electron chi connectivity index (χ2n) is 13.8. The summed E-state index contributed by atoms with van der Waals surface area (Å²) in [6, 6.07) is 18.2. The van der Waals surface area contributed by atoms with E-state index >= 15 is 0 Å². The summed E-state index contributed by atoms with van der Waals surface area (Å²) in [5.41, 5.74) is 5.23. The standard InChI is InChI=1S/2C12H14NO.4C4H9.2Sn/c2*1-9(2)12-13-11(8-14-12)10-6-4-3-5-7-10;4*1-3-4-2;;/h2*3-6,9,12H,8H2,1-2H3;4*1,3-4H2,2H3;;/t2*12-;;;;;;/m11....../s1. The molecule has 0 spiro atoms. The first-order valence-electron chi connectivity index (χ1n) is 18.6. The van der Waals surface area contributed by atoms with Crippen LogP contribution in [0, 0.1) is 11.8 Å². The molecule has 2 aliphatic heterocycles.